The Morgan fingerprint density at radius 2 is 1.71 bits per heavy atom. The fourth-order valence-corrected chi connectivity index (χ4v) is 3.73. The number of hydrogen-bond donors (Lipinski definition) is 3. The minimum Gasteiger partial charge on any atom is -0.396 e. The van der Waals surface area contributed by atoms with Gasteiger partial charge in [0.15, 0.2) is 0 Å². The molecular weight excluding hydrogens is 266 g/mol. The Hall–Kier alpha value is -0.160. The molecule has 21 heavy (non-hydrogen) atoms. The summed E-state index contributed by atoms with van der Waals surface area (Å²) in [6, 6.07) is 0. The summed E-state index contributed by atoms with van der Waals surface area (Å²) in [5.41, 5.74) is 0.0438. The summed E-state index contributed by atoms with van der Waals surface area (Å²) in [4.78, 5) is 0. The van der Waals surface area contributed by atoms with E-state index in [4.69, 9.17) is 4.74 Å². The highest BCUT2D eigenvalue weighted by Gasteiger charge is 2.31. The molecular formula is C17H33NO3. The molecule has 0 bridgehead atoms. The number of aliphatic hydroxyl groups excluding tert-OH is 2. The summed E-state index contributed by atoms with van der Waals surface area (Å²) in [5.74, 6) is 0. The lowest BCUT2D eigenvalue weighted by Crippen LogP contribution is -2.42. The molecule has 0 saturated heterocycles. The Morgan fingerprint density at radius 3 is 2.38 bits per heavy atom. The number of hydrogen-bond acceptors (Lipinski definition) is 4. The van der Waals surface area contributed by atoms with E-state index in [0.29, 0.717) is 19.3 Å². The average molecular weight is 299 g/mol. The smallest absolute Gasteiger partial charge is 0.0897 e. The van der Waals surface area contributed by atoms with Crippen molar-refractivity contribution in [3.05, 3.63) is 0 Å². The summed E-state index contributed by atoms with van der Waals surface area (Å²) >= 11 is 0. The topological polar surface area (TPSA) is 61.7 Å². The Balaban J connectivity index is 1.58. The highest BCUT2D eigenvalue weighted by Crippen LogP contribution is 2.35. The molecule has 2 fully saturated rings. The minimum atomic E-state index is -0.439. The third-order valence-electron chi connectivity index (χ3n) is 5.21. The fourth-order valence-electron chi connectivity index (χ4n) is 3.73. The first-order valence-electron chi connectivity index (χ1n) is 8.85. The molecule has 0 aliphatic heterocycles. The Bertz CT molecular complexity index is 273. The van der Waals surface area contributed by atoms with E-state index in [1.807, 2.05) is 0 Å². The molecule has 4 nitrogen and oxygen atoms in total. The molecule has 0 amide bonds. The number of aliphatic hydroxyl groups is 2. The largest absolute Gasteiger partial charge is 0.396 e. The normalized spacial score (nSPS) is 24.9. The molecule has 2 aliphatic carbocycles. The van der Waals surface area contributed by atoms with Crippen LogP contribution >= 0.6 is 0 Å². The van der Waals surface area contributed by atoms with E-state index in [2.05, 4.69) is 5.32 Å². The van der Waals surface area contributed by atoms with Crippen LogP contribution in [0.4, 0.5) is 0 Å². The molecule has 0 spiro atoms. The molecule has 1 atom stereocenters. The van der Waals surface area contributed by atoms with Gasteiger partial charge in [0.2, 0.25) is 0 Å². The van der Waals surface area contributed by atoms with Gasteiger partial charge in [0, 0.05) is 25.1 Å². The molecule has 0 aromatic heterocycles. The second-order valence-corrected chi connectivity index (χ2v) is 7.10. The molecule has 0 aromatic carbocycles. The lowest BCUT2D eigenvalue weighted by atomic mass is 9.74. The van der Waals surface area contributed by atoms with E-state index in [1.54, 1.807) is 0 Å². The highest BCUT2D eigenvalue weighted by atomic mass is 16.5. The highest BCUT2D eigenvalue weighted by molar-refractivity contribution is 4.84. The van der Waals surface area contributed by atoms with E-state index >= 15 is 0 Å². The Kier molecular flexibility index (Phi) is 7.44. The van der Waals surface area contributed by atoms with Crippen LogP contribution in [-0.4, -0.2) is 48.7 Å². The molecule has 0 heterocycles. The van der Waals surface area contributed by atoms with Crippen LogP contribution in [0.5, 0.6) is 0 Å². The molecule has 0 radical (unpaired) electrons. The minimum absolute atomic E-state index is 0.0438. The standard InChI is InChI=1S/C17H33NO3/c19-14-17(9-5-2-6-10-17)13-18-11-15(20)12-21-16-7-3-1-4-8-16/h15-16,18-20H,1-14H2. The van der Waals surface area contributed by atoms with Crippen LogP contribution in [0.1, 0.15) is 64.2 Å². The Morgan fingerprint density at radius 1 is 1.05 bits per heavy atom. The summed E-state index contributed by atoms with van der Waals surface area (Å²) in [5, 5.41) is 23.0. The number of ether oxygens (including phenoxy) is 1. The van der Waals surface area contributed by atoms with Crippen LogP contribution in [0.2, 0.25) is 0 Å². The van der Waals surface area contributed by atoms with Gasteiger partial charge in [-0.2, -0.15) is 0 Å². The van der Waals surface area contributed by atoms with E-state index < -0.39 is 6.10 Å². The van der Waals surface area contributed by atoms with Crippen molar-refractivity contribution in [2.75, 3.05) is 26.3 Å². The zero-order chi connectivity index (χ0) is 15.0. The van der Waals surface area contributed by atoms with Gasteiger partial charge >= 0.3 is 0 Å². The number of rotatable bonds is 8. The molecule has 2 rings (SSSR count). The second kappa shape index (κ2) is 9.09. The van der Waals surface area contributed by atoms with E-state index in [-0.39, 0.29) is 12.0 Å². The first kappa shape index (κ1) is 17.2. The monoisotopic (exact) mass is 299 g/mol. The fraction of sp³-hybridized carbons (Fsp3) is 1.00. The Labute approximate surface area is 129 Å². The summed E-state index contributed by atoms with van der Waals surface area (Å²) < 4.78 is 5.80. The van der Waals surface area contributed by atoms with Crippen LogP contribution in [0.25, 0.3) is 0 Å². The van der Waals surface area contributed by atoms with Crippen molar-refractivity contribution in [3.63, 3.8) is 0 Å². The molecule has 0 aromatic rings. The number of nitrogens with one attached hydrogen (secondary N) is 1. The maximum absolute atomic E-state index is 10.0. The van der Waals surface area contributed by atoms with Crippen LogP contribution in [-0.2, 0) is 4.74 Å². The summed E-state index contributed by atoms with van der Waals surface area (Å²) in [7, 11) is 0. The molecule has 2 aliphatic rings. The third kappa shape index (κ3) is 5.85. The van der Waals surface area contributed by atoms with Crippen LogP contribution in [0, 0.1) is 5.41 Å². The van der Waals surface area contributed by atoms with E-state index in [9.17, 15) is 10.2 Å². The van der Waals surface area contributed by atoms with Gasteiger partial charge in [0.05, 0.1) is 18.8 Å². The van der Waals surface area contributed by atoms with Crippen molar-refractivity contribution in [2.45, 2.75) is 76.4 Å². The molecule has 3 N–H and O–H groups in total. The molecule has 4 heteroatoms. The van der Waals surface area contributed by atoms with Gasteiger partial charge in [-0.15, -0.1) is 0 Å². The zero-order valence-corrected chi connectivity index (χ0v) is 13.4. The lowest BCUT2D eigenvalue weighted by Gasteiger charge is -2.36. The summed E-state index contributed by atoms with van der Waals surface area (Å²) in [6.45, 7) is 2.07. The van der Waals surface area contributed by atoms with Gasteiger partial charge in [-0.25, -0.2) is 0 Å². The maximum Gasteiger partial charge on any atom is 0.0897 e. The molecule has 1 unspecified atom stereocenters. The lowest BCUT2D eigenvalue weighted by molar-refractivity contribution is -0.0244. The van der Waals surface area contributed by atoms with Crippen molar-refractivity contribution in [2.24, 2.45) is 5.41 Å². The quantitative estimate of drug-likeness (QED) is 0.643. The van der Waals surface area contributed by atoms with Crippen LogP contribution < -0.4 is 5.32 Å². The first-order chi connectivity index (χ1) is 10.2. The third-order valence-corrected chi connectivity index (χ3v) is 5.21. The van der Waals surface area contributed by atoms with Crippen LogP contribution in [0.3, 0.4) is 0 Å². The molecule has 2 saturated carbocycles. The van der Waals surface area contributed by atoms with Crippen molar-refractivity contribution >= 4 is 0 Å². The van der Waals surface area contributed by atoms with E-state index in [0.717, 1.165) is 32.2 Å². The van der Waals surface area contributed by atoms with Gasteiger partial charge in [-0.1, -0.05) is 38.5 Å². The van der Waals surface area contributed by atoms with Crippen molar-refractivity contribution in [1.29, 1.82) is 0 Å². The van der Waals surface area contributed by atoms with Crippen molar-refractivity contribution < 1.29 is 14.9 Å². The van der Waals surface area contributed by atoms with Gasteiger partial charge in [0.1, 0.15) is 0 Å². The predicted molar refractivity (Wildman–Crippen MR) is 84.3 cm³/mol. The van der Waals surface area contributed by atoms with E-state index in [1.165, 1.54) is 38.5 Å². The zero-order valence-electron chi connectivity index (χ0n) is 13.4. The van der Waals surface area contributed by atoms with Gasteiger partial charge in [-0.05, 0) is 25.7 Å². The van der Waals surface area contributed by atoms with Gasteiger partial charge in [0.25, 0.3) is 0 Å². The van der Waals surface area contributed by atoms with Gasteiger partial charge < -0.3 is 20.3 Å². The van der Waals surface area contributed by atoms with Crippen LogP contribution in [0.15, 0.2) is 0 Å². The predicted octanol–water partition coefficient (Wildman–Crippen LogP) is 2.23. The average Bonchev–Trinajstić information content (AvgIpc) is 2.55. The maximum atomic E-state index is 10.0. The van der Waals surface area contributed by atoms with Crippen molar-refractivity contribution in [1.82, 2.24) is 5.32 Å². The second-order valence-electron chi connectivity index (χ2n) is 7.10. The van der Waals surface area contributed by atoms with Crippen molar-refractivity contribution in [3.8, 4) is 0 Å². The first-order valence-corrected chi connectivity index (χ1v) is 8.85. The SMILES string of the molecule is OCC1(CNCC(O)COC2CCCCC2)CCCCC1. The van der Waals surface area contributed by atoms with Gasteiger partial charge in [-0.3, -0.25) is 0 Å². The molecule has 124 valence electrons. The summed E-state index contributed by atoms with van der Waals surface area (Å²) in [6.07, 6.45) is 12.0.